The second-order valence-corrected chi connectivity index (χ2v) is 6.73. The van der Waals surface area contributed by atoms with Crippen LogP contribution in [0.4, 0.5) is 0 Å². The van der Waals surface area contributed by atoms with Crippen LogP contribution in [0.2, 0.25) is 0 Å². The number of nitrogens with zero attached hydrogens (tertiary/aromatic N) is 3. The Labute approximate surface area is 154 Å². The summed E-state index contributed by atoms with van der Waals surface area (Å²) in [6, 6.07) is 14.2. The molecule has 0 N–H and O–H groups in total. The number of aryl methyl sites for hydroxylation is 3. The summed E-state index contributed by atoms with van der Waals surface area (Å²) in [5.74, 6) is -0.0459. The third-order valence-electron chi connectivity index (χ3n) is 4.75. The topological polar surface area (TPSA) is 51.3 Å². The maximum atomic E-state index is 13.1. The average Bonchev–Trinajstić information content (AvgIpc) is 3.28. The molecule has 26 heavy (non-hydrogen) atoms. The number of amides is 1. The predicted octanol–water partition coefficient (Wildman–Crippen LogP) is 3.99. The molecule has 0 bridgehead atoms. The van der Waals surface area contributed by atoms with E-state index in [1.54, 1.807) is 17.2 Å². The summed E-state index contributed by atoms with van der Waals surface area (Å²) in [5.41, 5.74) is 3.72. The third-order valence-corrected chi connectivity index (χ3v) is 4.75. The van der Waals surface area contributed by atoms with Crippen molar-refractivity contribution in [2.24, 2.45) is 7.05 Å². The van der Waals surface area contributed by atoms with Crippen LogP contribution in [-0.2, 0) is 20.0 Å². The van der Waals surface area contributed by atoms with Gasteiger partial charge >= 0.3 is 0 Å². The maximum Gasteiger partial charge on any atom is 0.274 e. The molecule has 0 spiro atoms. The summed E-state index contributed by atoms with van der Waals surface area (Å²) >= 11 is 0. The molecule has 0 radical (unpaired) electrons. The van der Waals surface area contributed by atoms with Crippen LogP contribution in [0.25, 0.3) is 0 Å². The highest BCUT2D eigenvalue weighted by molar-refractivity contribution is 5.92. The molecule has 0 saturated heterocycles. The molecule has 2 heterocycles. The van der Waals surface area contributed by atoms with Crippen LogP contribution in [0.15, 0.2) is 59.4 Å². The van der Waals surface area contributed by atoms with E-state index in [-0.39, 0.29) is 11.9 Å². The van der Waals surface area contributed by atoms with Crippen LogP contribution in [0.5, 0.6) is 0 Å². The van der Waals surface area contributed by atoms with Crippen molar-refractivity contribution in [1.82, 2.24) is 14.7 Å². The van der Waals surface area contributed by atoms with Crippen LogP contribution >= 0.6 is 0 Å². The minimum atomic E-state index is -0.0459. The lowest BCUT2D eigenvalue weighted by atomic mass is 10.0. The summed E-state index contributed by atoms with van der Waals surface area (Å²) in [7, 11) is 1.85. The van der Waals surface area contributed by atoms with Gasteiger partial charge < -0.3 is 9.32 Å². The van der Waals surface area contributed by atoms with E-state index >= 15 is 0 Å². The van der Waals surface area contributed by atoms with Crippen molar-refractivity contribution < 1.29 is 9.21 Å². The number of aromatic nitrogens is 2. The first kappa shape index (κ1) is 18.0. The maximum absolute atomic E-state index is 13.1. The van der Waals surface area contributed by atoms with Gasteiger partial charge in [0.25, 0.3) is 5.91 Å². The van der Waals surface area contributed by atoms with E-state index in [1.807, 2.05) is 49.2 Å². The summed E-state index contributed by atoms with van der Waals surface area (Å²) < 4.78 is 6.91. The number of hydrogen-bond donors (Lipinski definition) is 0. The Kier molecular flexibility index (Phi) is 5.56. The number of carbonyl (C=O) groups excluding carboxylic acids is 1. The van der Waals surface area contributed by atoms with Gasteiger partial charge in [-0.25, -0.2) is 0 Å². The predicted molar refractivity (Wildman–Crippen MR) is 101 cm³/mol. The second-order valence-electron chi connectivity index (χ2n) is 6.73. The summed E-state index contributed by atoms with van der Waals surface area (Å²) in [6.45, 7) is 4.56. The molecular weight excluding hydrogens is 326 g/mol. The SMILES string of the molecule is Cc1cc(C(=O)N(Cc2ccoc2)[C@@H](C)CCc2ccccc2)nn1C. The summed E-state index contributed by atoms with van der Waals surface area (Å²) in [5, 5.41) is 4.36. The molecule has 5 nitrogen and oxygen atoms in total. The van der Waals surface area contributed by atoms with Crippen LogP contribution in [-0.4, -0.2) is 26.6 Å². The zero-order valence-electron chi connectivity index (χ0n) is 15.6. The largest absolute Gasteiger partial charge is 0.472 e. The van der Waals surface area contributed by atoms with Gasteiger partial charge in [0.1, 0.15) is 0 Å². The molecule has 0 fully saturated rings. The Hall–Kier alpha value is -2.82. The van der Waals surface area contributed by atoms with E-state index in [0.29, 0.717) is 12.2 Å². The molecule has 3 aromatic rings. The van der Waals surface area contributed by atoms with Gasteiger partial charge in [0.2, 0.25) is 0 Å². The smallest absolute Gasteiger partial charge is 0.274 e. The number of rotatable bonds is 7. The van der Waals surface area contributed by atoms with E-state index in [4.69, 9.17) is 4.42 Å². The van der Waals surface area contributed by atoms with Crippen LogP contribution in [0.3, 0.4) is 0 Å². The van der Waals surface area contributed by atoms with Crippen molar-refractivity contribution in [1.29, 1.82) is 0 Å². The Balaban J connectivity index is 1.76. The molecule has 0 aliphatic heterocycles. The summed E-state index contributed by atoms with van der Waals surface area (Å²) in [6.07, 6.45) is 5.14. The van der Waals surface area contributed by atoms with E-state index < -0.39 is 0 Å². The zero-order chi connectivity index (χ0) is 18.5. The number of benzene rings is 1. The Morgan fingerprint density at radius 3 is 2.62 bits per heavy atom. The Bertz CT molecular complexity index is 818. The first-order valence-corrected chi connectivity index (χ1v) is 8.91. The van der Waals surface area contributed by atoms with Gasteiger partial charge in [-0.05, 0) is 44.4 Å². The Morgan fingerprint density at radius 2 is 2.00 bits per heavy atom. The zero-order valence-corrected chi connectivity index (χ0v) is 15.6. The van der Waals surface area contributed by atoms with Crippen LogP contribution < -0.4 is 0 Å². The van der Waals surface area contributed by atoms with Gasteiger partial charge in [-0.3, -0.25) is 9.48 Å². The summed E-state index contributed by atoms with van der Waals surface area (Å²) in [4.78, 5) is 15.0. The van der Waals surface area contributed by atoms with Crippen molar-refractivity contribution in [3.63, 3.8) is 0 Å². The van der Waals surface area contributed by atoms with Crippen LogP contribution in [0, 0.1) is 6.92 Å². The van der Waals surface area contributed by atoms with Gasteiger partial charge in [-0.1, -0.05) is 30.3 Å². The normalized spacial score (nSPS) is 12.1. The van der Waals surface area contributed by atoms with Crippen molar-refractivity contribution in [2.45, 2.75) is 39.3 Å². The minimum absolute atomic E-state index is 0.0459. The quantitative estimate of drug-likeness (QED) is 0.647. The fraction of sp³-hybridized carbons (Fsp3) is 0.333. The monoisotopic (exact) mass is 351 g/mol. The molecule has 2 aromatic heterocycles. The van der Waals surface area contributed by atoms with Crippen molar-refractivity contribution >= 4 is 5.91 Å². The fourth-order valence-electron chi connectivity index (χ4n) is 3.00. The fourth-order valence-corrected chi connectivity index (χ4v) is 3.00. The molecule has 0 saturated carbocycles. The van der Waals surface area contributed by atoms with Gasteiger partial charge in [0, 0.05) is 30.9 Å². The number of hydrogen-bond acceptors (Lipinski definition) is 3. The van der Waals surface area contributed by atoms with E-state index in [1.165, 1.54) is 5.56 Å². The highest BCUT2D eigenvalue weighted by atomic mass is 16.3. The molecule has 0 aliphatic carbocycles. The molecular formula is C21H25N3O2. The molecule has 3 rings (SSSR count). The average molecular weight is 351 g/mol. The first-order valence-electron chi connectivity index (χ1n) is 8.91. The number of carbonyl (C=O) groups is 1. The van der Waals surface area contributed by atoms with Gasteiger partial charge in [0.15, 0.2) is 5.69 Å². The molecule has 136 valence electrons. The molecule has 5 heteroatoms. The van der Waals surface area contributed by atoms with Crippen molar-refractivity contribution in [2.75, 3.05) is 0 Å². The van der Waals surface area contributed by atoms with Gasteiger partial charge in [-0.2, -0.15) is 5.10 Å². The molecule has 0 aliphatic rings. The highest BCUT2D eigenvalue weighted by Gasteiger charge is 2.24. The number of furan rings is 1. The highest BCUT2D eigenvalue weighted by Crippen LogP contribution is 2.17. The molecule has 1 aromatic carbocycles. The van der Waals surface area contributed by atoms with Crippen LogP contribution in [0.1, 0.15) is 40.7 Å². The Morgan fingerprint density at radius 1 is 1.23 bits per heavy atom. The molecule has 0 unspecified atom stereocenters. The van der Waals surface area contributed by atoms with Gasteiger partial charge in [-0.15, -0.1) is 0 Å². The second kappa shape index (κ2) is 8.04. The van der Waals surface area contributed by atoms with Gasteiger partial charge in [0.05, 0.1) is 12.5 Å². The molecule has 1 amide bonds. The first-order chi connectivity index (χ1) is 12.5. The van der Waals surface area contributed by atoms with E-state index in [2.05, 4.69) is 24.2 Å². The lowest BCUT2D eigenvalue weighted by Crippen LogP contribution is -2.38. The van der Waals surface area contributed by atoms with Crippen molar-refractivity contribution in [3.8, 4) is 0 Å². The minimum Gasteiger partial charge on any atom is -0.472 e. The lowest BCUT2D eigenvalue weighted by Gasteiger charge is -2.28. The van der Waals surface area contributed by atoms with Crippen molar-refractivity contribution in [3.05, 3.63) is 77.5 Å². The third kappa shape index (κ3) is 4.23. The van der Waals surface area contributed by atoms with E-state index in [0.717, 1.165) is 24.1 Å². The molecule has 1 atom stereocenters. The standard InChI is InChI=1S/C21H25N3O2/c1-16(9-10-18-7-5-4-6-8-18)24(14-19-11-12-26-15-19)21(25)20-13-17(2)23(3)22-20/h4-8,11-13,15-16H,9-10,14H2,1-3H3/t16-/m0/s1. The lowest BCUT2D eigenvalue weighted by molar-refractivity contribution is 0.0660. The van der Waals surface area contributed by atoms with E-state index in [9.17, 15) is 4.79 Å².